The van der Waals surface area contributed by atoms with Gasteiger partial charge in [0, 0.05) is 6.42 Å². The van der Waals surface area contributed by atoms with Crippen LogP contribution in [-0.4, -0.2) is 50.3 Å². The molecule has 0 spiro atoms. The first-order valence-corrected chi connectivity index (χ1v) is 22.0. The van der Waals surface area contributed by atoms with Crippen molar-refractivity contribution >= 4 is 43.7 Å². The fourth-order valence-corrected chi connectivity index (χ4v) is 6.96. The molecule has 2 nitrogen and oxygen atoms in total. The van der Waals surface area contributed by atoms with E-state index in [1.165, 1.54) is 238 Å². The molecule has 0 aromatic carbocycles. The molecular formula is C44H90CaO2. The van der Waals surface area contributed by atoms with Crippen molar-refractivity contribution in [3.63, 3.8) is 0 Å². The van der Waals surface area contributed by atoms with Gasteiger partial charge in [0.2, 0.25) is 0 Å². The molecule has 0 saturated heterocycles. The Kier molecular flexibility index (Phi) is 49.6. The third-order valence-electron chi connectivity index (χ3n) is 10.2. The van der Waals surface area contributed by atoms with Crippen molar-refractivity contribution in [2.45, 2.75) is 271 Å². The number of ether oxygens (including phenoxy) is 1. The summed E-state index contributed by atoms with van der Waals surface area (Å²) in [7, 11) is 0. The number of hydrogen-bond acceptors (Lipinski definition) is 2. The van der Waals surface area contributed by atoms with Gasteiger partial charge in [0.15, 0.2) is 0 Å². The van der Waals surface area contributed by atoms with Crippen LogP contribution in [0.25, 0.3) is 0 Å². The molecule has 0 atom stereocenters. The third kappa shape index (κ3) is 46.7. The average molecular weight is 691 g/mol. The van der Waals surface area contributed by atoms with E-state index in [-0.39, 0.29) is 43.7 Å². The van der Waals surface area contributed by atoms with Gasteiger partial charge in [-0.1, -0.05) is 251 Å². The minimum absolute atomic E-state index is 0. The molecule has 0 fully saturated rings. The Hall–Kier alpha value is 0.730. The summed E-state index contributed by atoms with van der Waals surface area (Å²) in [5.74, 6) is 0.0313. The van der Waals surface area contributed by atoms with Gasteiger partial charge in [-0.25, -0.2) is 0 Å². The van der Waals surface area contributed by atoms with Gasteiger partial charge in [0.25, 0.3) is 0 Å². The molecule has 0 heterocycles. The van der Waals surface area contributed by atoms with Gasteiger partial charge < -0.3 is 4.74 Å². The summed E-state index contributed by atoms with van der Waals surface area (Å²) in [5.41, 5.74) is 0. The predicted octanol–water partition coefficient (Wildman–Crippen LogP) is 15.3. The number of esters is 1. The van der Waals surface area contributed by atoms with Gasteiger partial charge in [0.1, 0.15) is 0 Å². The molecular weight excluding hydrogens is 601 g/mol. The minimum atomic E-state index is 0. The summed E-state index contributed by atoms with van der Waals surface area (Å²) in [4.78, 5) is 12.0. The van der Waals surface area contributed by atoms with Gasteiger partial charge in [-0.15, -0.1) is 0 Å². The van der Waals surface area contributed by atoms with Gasteiger partial charge in [-0.05, 0) is 12.8 Å². The van der Waals surface area contributed by atoms with Crippen LogP contribution >= 0.6 is 0 Å². The molecule has 0 N–H and O–H groups in total. The summed E-state index contributed by atoms with van der Waals surface area (Å²) in [5, 5.41) is 0. The topological polar surface area (TPSA) is 26.3 Å². The third-order valence-corrected chi connectivity index (χ3v) is 10.2. The van der Waals surface area contributed by atoms with E-state index in [1.54, 1.807) is 0 Å². The Morgan fingerprint density at radius 1 is 0.298 bits per heavy atom. The first kappa shape index (κ1) is 49.8. The van der Waals surface area contributed by atoms with Crippen LogP contribution < -0.4 is 0 Å². The van der Waals surface area contributed by atoms with Crippen LogP contribution in [0.3, 0.4) is 0 Å². The van der Waals surface area contributed by atoms with E-state index in [0.717, 1.165) is 12.8 Å². The summed E-state index contributed by atoms with van der Waals surface area (Å²) in [6.07, 6.45) is 54.9. The van der Waals surface area contributed by atoms with Crippen molar-refractivity contribution in [1.82, 2.24) is 0 Å². The van der Waals surface area contributed by atoms with Crippen molar-refractivity contribution < 1.29 is 9.53 Å². The zero-order valence-corrected chi connectivity index (χ0v) is 32.3. The first-order chi connectivity index (χ1) is 22.8. The number of rotatable bonds is 41. The molecule has 47 heavy (non-hydrogen) atoms. The molecule has 0 unspecified atom stereocenters. The van der Waals surface area contributed by atoms with Crippen LogP contribution in [0.5, 0.6) is 0 Å². The normalized spacial score (nSPS) is 11.2. The maximum absolute atomic E-state index is 12.0. The quantitative estimate of drug-likeness (QED) is 0.0363. The summed E-state index contributed by atoms with van der Waals surface area (Å²) in [6.45, 7) is 5.23. The van der Waals surface area contributed by atoms with Gasteiger partial charge >= 0.3 is 43.7 Å². The molecule has 0 aliphatic carbocycles. The van der Waals surface area contributed by atoms with Crippen LogP contribution in [-0.2, 0) is 9.53 Å². The SMILES string of the molecule is CCCCCCCCCCCCCCCCCCCCCCCCCCOC(=O)CCCCCCCCCCCCCCCCC.[CaH2]. The van der Waals surface area contributed by atoms with Crippen molar-refractivity contribution in [2.24, 2.45) is 0 Å². The van der Waals surface area contributed by atoms with E-state index in [9.17, 15) is 4.79 Å². The summed E-state index contributed by atoms with van der Waals surface area (Å²) < 4.78 is 5.47. The van der Waals surface area contributed by atoms with Gasteiger partial charge in [0.05, 0.1) is 6.61 Å². The van der Waals surface area contributed by atoms with Crippen LogP contribution in [0.1, 0.15) is 271 Å². The maximum atomic E-state index is 12.0. The second-order valence-corrected chi connectivity index (χ2v) is 15.1. The van der Waals surface area contributed by atoms with Gasteiger partial charge in [-0.3, -0.25) is 4.79 Å². The van der Waals surface area contributed by atoms with E-state index in [1.807, 2.05) is 0 Å². The Balaban J connectivity index is 0. The second kappa shape index (κ2) is 46.7. The fraction of sp³-hybridized carbons (Fsp3) is 0.977. The molecule has 0 aliphatic rings. The van der Waals surface area contributed by atoms with Crippen molar-refractivity contribution in [3.8, 4) is 0 Å². The molecule has 0 amide bonds. The second-order valence-electron chi connectivity index (χ2n) is 15.1. The van der Waals surface area contributed by atoms with E-state index in [2.05, 4.69) is 13.8 Å². The Labute approximate surface area is 328 Å². The van der Waals surface area contributed by atoms with Crippen molar-refractivity contribution in [1.29, 1.82) is 0 Å². The van der Waals surface area contributed by atoms with E-state index in [0.29, 0.717) is 13.0 Å². The Morgan fingerprint density at radius 2 is 0.489 bits per heavy atom. The molecule has 3 heteroatoms. The molecule has 0 rings (SSSR count). The predicted molar refractivity (Wildman–Crippen MR) is 216 cm³/mol. The van der Waals surface area contributed by atoms with Crippen LogP contribution in [0.4, 0.5) is 0 Å². The molecule has 0 bridgehead atoms. The van der Waals surface area contributed by atoms with Crippen LogP contribution in [0.2, 0.25) is 0 Å². The zero-order chi connectivity index (χ0) is 33.3. The van der Waals surface area contributed by atoms with Crippen molar-refractivity contribution in [2.75, 3.05) is 6.61 Å². The summed E-state index contributed by atoms with van der Waals surface area (Å²) in [6, 6.07) is 0. The molecule has 0 aromatic heterocycles. The van der Waals surface area contributed by atoms with Crippen molar-refractivity contribution in [3.05, 3.63) is 0 Å². The number of carbonyl (C=O) groups excluding carboxylic acids is 1. The Morgan fingerprint density at radius 3 is 0.723 bits per heavy atom. The standard InChI is InChI=1S/C44H88O2.Ca.2H/c1-3-5-7-9-11-13-15-17-19-20-21-22-23-24-25-26-27-29-31-33-35-37-39-41-43-46-44(45)42-40-38-36-34-32-30-28-18-16-14-12-10-8-6-4-2;;;/h3-43H2,1-2H3;;;. The molecule has 0 aliphatic heterocycles. The number of unbranched alkanes of at least 4 members (excludes halogenated alkanes) is 37. The molecule has 0 radical (unpaired) electrons. The summed E-state index contributed by atoms with van der Waals surface area (Å²) >= 11 is 0. The van der Waals surface area contributed by atoms with Gasteiger partial charge in [-0.2, -0.15) is 0 Å². The average Bonchev–Trinajstić information content (AvgIpc) is 3.06. The fourth-order valence-electron chi connectivity index (χ4n) is 6.96. The van der Waals surface area contributed by atoms with E-state index in [4.69, 9.17) is 4.74 Å². The van der Waals surface area contributed by atoms with E-state index >= 15 is 0 Å². The van der Waals surface area contributed by atoms with E-state index < -0.39 is 0 Å². The first-order valence-electron chi connectivity index (χ1n) is 22.0. The monoisotopic (exact) mass is 691 g/mol. The zero-order valence-electron chi connectivity index (χ0n) is 32.3. The molecule has 0 aromatic rings. The van der Waals surface area contributed by atoms with Crippen LogP contribution in [0, 0.1) is 0 Å². The number of hydrogen-bond donors (Lipinski definition) is 0. The van der Waals surface area contributed by atoms with Crippen LogP contribution in [0.15, 0.2) is 0 Å². The molecule has 280 valence electrons. The molecule has 0 saturated carbocycles. The Bertz CT molecular complexity index is 551. The number of carbonyl (C=O) groups is 1.